The van der Waals surface area contributed by atoms with Gasteiger partial charge in [-0.3, -0.25) is 4.79 Å². The number of amides is 1. The summed E-state index contributed by atoms with van der Waals surface area (Å²) in [7, 11) is 0. The van der Waals surface area contributed by atoms with Crippen molar-refractivity contribution in [3.8, 4) is 0 Å². The second-order valence-electron chi connectivity index (χ2n) is 4.80. The zero-order chi connectivity index (χ0) is 15.2. The molecule has 1 amide bonds. The van der Waals surface area contributed by atoms with Gasteiger partial charge in [-0.2, -0.15) is 0 Å². The van der Waals surface area contributed by atoms with Crippen molar-refractivity contribution in [3.05, 3.63) is 65.2 Å². The van der Waals surface area contributed by atoms with Crippen LogP contribution >= 0.6 is 12.2 Å². The minimum atomic E-state index is -0.0287. The lowest BCUT2D eigenvalue weighted by atomic mass is 10.1. The number of rotatable bonds is 5. The molecule has 0 spiro atoms. The number of hydrogen-bond donors (Lipinski definition) is 2. The minimum Gasteiger partial charge on any atom is -0.389 e. The van der Waals surface area contributed by atoms with E-state index < -0.39 is 0 Å². The number of carbonyl (C=O) groups is 1. The summed E-state index contributed by atoms with van der Waals surface area (Å²) in [6.07, 6.45) is 1.22. The van der Waals surface area contributed by atoms with Crippen molar-refractivity contribution in [1.29, 1.82) is 0 Å². The molecule has 0 aliphatic heterocycles. The molecule has 0 saturated carbocycles. The molecule has 3 N–H and O–H groups in total. The van der Waals surface area contributed by atoms with Gasteiger partial charge >= 0.3 is 0 Å². The molecule has 0 aliphatic rings. The maximum absolute atomic E-state index is 12.1. The molecule has 0 aliphatic carbocycles. The molecule has 0 radical (unpaired) electrons. The molecule has 2 aromatic rings. The lowest BCUT2D eigenvalue weighted by Crippen LogP contribution is -2.15. The molecular weight excluding hydrogens is 280 g/mol. The quantitative estimate of drug-likeness (QED) is 0.834. The third-order valence-corrected chi connectivity index (χ3v) is 3.51. The van der Waals surface area contributed by atoms with Gasteiger partial charge in [0.1, 0.15) is 4.99 Å². The summed E-state index contributed by atoms with van der Waals surface area (Å²) in [5, 5.41) is 2.96. The van der Waals surface area contributed by atoms with Crippen LogP contribution in [0.2, 0.25) is 0 Å². The van der Waals surface area contributed by atoms with Crippen molar-refractivity contribution in [2.75, 3.05) is 5.32 Å². The van der Waals surface area contributed by atoms with E-state index in [9.17, 15) is 4.79 Å². The smallest absolute Gasteiger partial charge is 0.228 e. The lowest BCUT2D eigenvalue weighted by Gasteiger charge is -2.10. The van der Waals surface area contributed by atoms with E-state index in [1.54, 1.807) is 0 Å². The molecule has 0 fully saturated rings. The molecule has 0 heterocycles. The predicted octanol–water partition coefficient (Wildman–Crippen LogP) is 3.06. The van der Waals surface area contributed by atoms with E-state index in [0.717, 1.165) is 28.8 Å². The third kappa shape index (κ3) is 4.13. The number of anilines is 1. The highest BCUT2D eigenvalue weighted by Crippen LogP contribution is 2.16. The van der Waals surface area contributed by atoms with Gasteiger partial charge < -0.3 is 11.1 Å². The highest BCUT2D eigenvalue weighted by atomic mass is 32.1. The first-order valence-corrected chi connectivity index (χ1v) is 7.27. The summed E-state index contributed by atoms with van der Waals surface area (Å²) in [6.45, 7) is 2.07. The summed E-state index contributed by atoms with van der Waals surface area (Å²) in [4.78, 5) is 12.5. The summed E-state index contributed by atoms with van der Waals surface area (Å²) < 4.78 is 0. The minimum absolute atomic E-state index is 0.0287. The normalized spacial score (nSPS) is 10.1. The number of aryl methyl sites for hydroxylation is 1. The fourth-order valence-electron chi connectivity index (χ4n) is 2.12. The van der Waals surface area contributed by atoms with E-state index in [0.29, 0.717) is 11.4 Å². The van der Waals surface area contributed by atoms with Crippen LogP contribution in [0.1, 0.15) is 23.6 Å². The van der Waals surface area contributed by atoms with Crippen molar-refractivity contribution < 1.29 is 4.79 Å². The largest absolute Gasteiger partial charge is 0.389 e. The van der Waals surface area contributed by atoms with Crippen LogP contribution in [0.4, 0.5) is 5.69 Å². The topological polar surface area (TPSA) is 55.1 Å². The summed E-state index contributed by atoms with van der Waals surface area (Å²) in [6, 6.07) is 15.3. The lowest BCUT2D eigenvalue weighted by molar-refractivity contribution is -0.115. The van der Waals surface area contributed by atoms with Crippen LogP contribution in [-0.2, 0) is 17.6 Å². The van der Waals surface area contributed by atoms with Gasteiger partial charge in [-0.05, 0) is 23.6 Å². The van der Waals surface area contributed by atoms with Gasteiger partial charge in [0.2, 0.25) is 5.91 Å². The second kappa shape index (κ2) is 6.99. The van der Waals surface area contributed by atoms with Gasteiger partial charge in [-0.15, -0.1) is 0 Å². The first kappa shape index (κ1) is 15.2. The molecular formula is C17H18N2OS. The molecule has 0 bridgehead atoms. The highest BCUT2D eigenvalue weighted by Gasteiger charge is 2.07. The van der Waals surface area contributed by atoms with E-state index in [2.05, 4.69) is 12.2 Å². The number of carbonyl (C=O) groups excluding carboxylic acids is 1. The Bertz CT molecular complexity index is 650. The van der Waals surface area contributed by atoms with Crippen LogP contribution in [-0.4, -0.2) is 10.9 Å². The van der Waals surface area contributed by atoms with Gasteiger partial charge in [0, 0.05) is 11.3 Å². The van der Waals surface area contributed by atoms with E-state index in [-0.39, 0.29) is 5.91 Å². The molecule has 2 rings (SSSR count). The van der Waals surface area contributed by atoms with Gasteiger partial charge in [-0.25, -0.2) is 0 Å². The number of thiocarbonyl (C=S) groups is 1. The summed E-state index contributed by atoms with van der Waals surface area (Å²) >= 11 is 4.91. The SMILES string of the molecule is CCc1ccccc1NC(=O)Cc1ccc(C(N)=S)cc1. The van der Waals surface area contributed by atoms with Gasteiger partial charge in [-0.1, -0.05) is 61.6 Å². The number of para-hydroxylation sites is 1. The van der Waals surface area contributed by atoms with E-state index in [4.69, 9.17) is 18.0 Å². The number of nitrogens with two attached hydrogens (primary N) is 1. The zero-order valence-corrected chi connectivity index (χ0v) is 12.7. The van der Waals surface area contributed by atoms with E-state index >= 15 is 0 Å². The second-order valence-corrected chi connectivity index (χ2v) is 5.24. The van der Waals surface area contributed by atoms with Crippen molar-refractivity contribution >= 4 is 28.8 Å². The van der Waals surface area contributed by atoms with Gasteiger partial charge in [0.25, 0.3) is 0 Å². The molecule has 0 saturated heterocycles. The van der Waals surface area contributed by atoms with Crippen LogP contribution in [0.15, 0.2) is 48.5 Å². The maximum atomic E-state index is 12.1. The summed E-state index contributed by atoms with van der Waals surface area (Å²) in [5.41, 5.74) is 9.31. The monoisotopic (exact) mass is 298 g/mol. The average molecular weight is 298 g/mol. The standard InChI is InChI=1S/C17H18N2OS/c1-2-13-5-3-4-6-15(13)19-16(20)11-12-7-9-14(10-8-12)17(18)21/h3-10H,2,11H2,1H3,(H2,18,21)(H,19,20). The van der Waals surface area contributed by atoms with Gasteiger partial charge in [0.15, 0.2) is 0 Å². The molecule has 0 unspecified atom stereocenters. The Morgan fingerprint density at radius 2 is 1.81 bits per heavy atom. The predicted molar refractivity (Wildman–Crippen MR) is 90.5 cm³/mol. The molecule has 0 atom stereocenters. The number of hydrogen-bond acceptors (Lipinski definition) is 2. The Balaban J connectivity index is 2.03. The third-order valence-electron chi connectivity index (χ3n) is 3.28. The molecule has 3 nitrogen and oxygen atoms in total. The molecule has 0 aromatic heterocycles. The van der Waals surface area contributed by atoms with Crippen molar-refractivity contribution in [2.45, 2.75) is 19.8 Å². The first-order valence-electron chi connectivity index (χ1n) is 6.86. The van der Waals surface area contributed by atoms with E-state index in [1.165, 1.54) is 0 Å². The fourth-order valence-corrected chi connectivity index (χ4v) is 2.25. The number of benzene rings is 2. The maximum Gasteiger partial charge on any atom is 0.228 e. The van der Waals surface area contributed by atoms with Crippen LogP contribution < -0.4 is 11.1 Å². The van der Waals surface area contributed by atoms with Gasteiger partial charge in [0.05, 0.1) is 6.42 Å². The van der Waals surface area contributed by atoms with E-state index in [1.807, 2.05) is 48.5 Å². The first-order chi connectivity index (χ1) is 10.1. The van der Waals surface area contributed by atoms with Crippen molar-refractivity contribution in [3.63, 3.8) is 0 Å². The Labute approximate surface area is 130 Å². The molecule has 108 valence electrons. The average Bonchev–Trinajstić information content (AvgIpc) is 2.48. The Kier molecular flexibility index (Phi) is 5.06. The molecule has 21 heavy (non-hydrogen) atoms. The Hall–Kier alpha value is -2.20. The highest BCUT2D eigenvalue weighted by molar-refractivity contribution is 7.80. The molecule has 4 heteroatoms. The number of nitrogens with one attached hydrogen (secondary N) is 1. The molecule has 2 aromatic carbocycles. The zero-order valence-electron chi connectivity index (χ0n) is 11.9. The van der Waals surface area contributed by atoms with Crippen LogP contribution in [0.5, 0.6) is 0 Å². The Morgan fingerprint density at radius 3 is 2.43 bits per heavy atom. The van der Waals surface area contributed by atoms with Crippen LogP contribution in [0.25, 0.3) is 0 Å². The van der Waals surface area contributed by atoms with Crippen LogP contribution in [0, 0.1) is 0 Å². The fraction of sp³-hybridized carbons (Fsp3) is 0.176. The van der Waals surface area contributed by atoms with Crippen molar-refractivity contribution in [1.82, 2.24) is 0 Å². The van der Waals surface area contributed by atoms with Crippen LogP contribution in [0.3, 0.4) is 0 Å². The van der Waals surface area contributed by atoms with Crippen molar-refractivity contribution in [2.24, 2.45) is 5.73 Å². The summed E-state index contributed by atoms with van der Waals surface area (Å²) in [5.74, 6) is -0.0287. The Morgan fingerprint density at radius 1 is 1.14 bits per heavy atom.